The van der Waals surface area contributed by atoms with Crippen molar-refractivity contribution in [2.24, 2.45) is 0 Å². The number of hydrogen-bond acceptors (Lipinski definition) is 5. The second-order valence-corrected chi connectivity index (χ2v) is 7.28. The SMILES string of the molecule is Nc1c(C(=O)NCc2cccnc2)sc2nc(C3CC3)cc(C(F)F)c12. The predicted octanol–water partition coefficient (Wildman–Crippen LogP) is 4.02. The molecule has 1 aliphatic rings. The van der Waals surface area contributed by atoms with Gasteiger partial charge >= 0.3 is 0 Å². The van der Waals surface area contributed by atoms with Crippen LogP contribution in [0.15, 0.2) is 30.6 Å². The number of alkyl halides is 2. The van der Waals surface area contributed by atoms with E-state index in [4.69, 9.17) is 5.73 Å². The summed E-state index contributed by atoms with van der Waals surface area (Å²) in [7, 11) is 0. The smallest absolute Gasteiger partial charge is 0.264 e. The molecule has 0 spiro atoms. The first kappa shape index (κ1) is 16.8. The van der Waals surface area contributed by atoms with Crippen molar-refractivity contribution in [1.82, 2.24) is 15.3 Å². The number of halogens is 2. The number of nitrogens with two attached hydrogens (primary N) is 1. The number of carbonyl (C=O) groups excluding carboxylic acids is 1. The van der Waals surface area contributed by atoms with Gasteiger partial charge in [-0.3, -0.25) is 9.78 Å². The van der Waals surface area contributed by atoms with E-state index in [1.807, 2.05) is 6.07 Å². The molecule has 1 saturated carbocycles. The van der Waals surface area contributed by atoms with Crippen molar-refractivity contribution in [1.29, 1.82) is 0 Å². The van der Waals surface area contributed by atoms with Gasteiger partial charge in [-0.2, -0.15) is 0 Å². The Balaban J connectivity index is 1.68. The molecule has 0 aromatic carbocycles. The zero-order valence-corrected chi connectivity index (χ0v) is 14.5. The van der Waals surface area contributed by atoms with Gasteiger partial charge in [0.15, 0.2) is 0 Å². The molecule has 3 aromatic heterocycles. The third kappa shape index (κ3) is 3.12. The summed E-state index contributed by atoms with van der Waals surface area (Å²) in [6, 6.07) is 5.04. The normalized spacial score (nSPS) is 14.1. The van der Waals surface area contributed by atoms with E-state index in [1.165, 1.54) is 6.07 Å². The topological polar surface area (TPSA) is 80.9 Å². The predicted molar refractivity (Wildman–Crippen MR) is 96.4 cm³/mol. The van der Waals surface area contributed by atoms with Crippen LogP contribution >= 0.6 is 11.3 Å². The van der Waals surface area contributed by atoms with Crippen LogP contribution in [0.5, 0.6) is 0 Å². The van der Waals surface area contributed by atoms with Crippen LogP contribution in [-0.2, 0) is 6.54 Å². The summed E-state index contributed by atoms with van der Waals surface area (Å²) in [4.78, 5) is 21.6. The van der Waals surface area contributed by atoms with E-state index in [0.29, 0.717) is 10.5 Å². The minimum Gasteiger partial charge on any atom is -0.397 e. The van der Waals surface area contributed by atoms with Crippen molar-refractivity contribution in [3.63, 3.8) is 0 Å². The molecule has 4 rings (SSSR count). The maximum Gasteiger partial charge on any atom is 0.264 e. The van der Waals surface area contributed by atoms with Crippen LogP contribution < -0.4 is 11.1 Å². The number of hydrogen-bond donors (Lipinski definition) is 2. The van der Waals surface area contributed by atoms with Crippen LogP contribution in [0.25, 0.3) is 10.2 Å². The van der Waals surface area contributed by atoms with Gasteiger partial charge < -0.3 is 11.1 Å². The molecule has 0 aliphatic heterocycles. The average Bonchev–Trinajstić information content (AvgIpc) is 3.44. The molecule has 3 aromatic rings. The van der Waals surface area contributed by atoms with Crippen molar-refractivity contribution in [3.8, 4) is 0 Å². The van der Waals surface area contributed by atoms with Gasteiger partial charge in [-0.05, 0) is 30.5 Å². The molecule has 0 atom stereocenters. The number of nitrogen functional groups attached to an aromatic ring is 1. The van der Waals surface area contributed by atoms with Crippen LogP contribution in [0.2, 0.25) is 0 Å². The summed E-state index contributed by atoms with van der Waals surface area (Å²) in [6.45, 7) is 0.281. The number of fused-ring (bicyclic) bond motifs is 1. The molecule has 1 amide bonds. The van der Waals surface area contributed by atoms with Gasteiger partial charge in [0.05, 0.1) is 5.69 Å². The summed E-state index contributed by atoms with van der Waals surface area (Å²) in [5.41, 5.74) is 7.48. The minimum atomic E-state index is -2.67. The van der Waals surface area contributed by atoms with Gasteiger partial charge in [-0.25, -0.2) is 13.8 Å². The molecule has 0 saturated heterocycles. The number of nitrogens with zero attached hydrogens (tertiary/aromatic N) is 2. The molecule has 3 N–H and O–H groups in total. The van der Waals surface area contributed by atoms with Crippen LogP contribution in [0, 0.1) is 0 Å². The molecular weight excluding hydrogens is 358 g/mol. The number of aromatic nitrogens is 2. The first-order chi connectivity index (χ1) is 12.5. The third-order valence-electron chi connectivity index (χ3n) is 4.36. The molecule has 3 heterocycles. The van der Waals surface area contributed by atoms with E-state index in [-0.39, 0.29) is 34.0 Å². The highest BCUT2D eigenvalue weighted by atomic mass is 32.1. The Labute approximate surface area is 152 Å². The highest BCUT2D eigenvalue weighted by Crippen LogP contribution is 2.44. The Morgan fingerprint density at radius 3 is 2.88 bits per heavy atom. The van der Waals surface area contributed by atoms with Crippen molar-refractivity contribution in [2.75, 3.05) is 5.73 Å². The Hall–Kier alpha value is -2.61. The monoisotopic (exact) mass is 374 g/mol. The molecule has 134 valence electrons. The number of thiophene rings is 1. The van der Waals surface area contributed by atoms with Gasteiger partial charge in [0.2, 0.25) is 0 Å². The van der Waals surface area contributed by atoms with Crippen LogP contribution in [0.3, 0.4) is 0 Å². The fourth-order valence-electron chi connectivity index (χ4n) is 2.86. The first-order valence-electron chi connectivity index (χ1n) is 8.22. The summed E-state index contributed by atoms with van der Waals surface area (Å²) >= 11 is 1.06. The lowest BCUT2D eigenvalue weighted by atomic mass is 10.1. The largest absolute Gasteiger partial charge is 0.397 e. The lowest BCUT2D eigenvalue weighted by Gasteiger charge is -2.06. The van der Waals surface area contributed by atoms with E-state index in [9.17, 15) is 13.6 Å². The minimum absolute atomic E-state index is 0.0684. The maximum atomic E-state index is 13.5. The number of nitrogens with one attached hydrogen (secondary N) is 1. The molecular formula is C18H16F2N4OS. The fraction of sp³-hybridized carbons (Fsp3) is 0.278. The Morgan fingerprint density at radius 2 is 2.23 bits per heavy atom. The summed E-state index contributed by atoms with van der Waals surface area (Å²) < 4.78 is 27.1. The Morgan fingerprint density at radius 1 is 1.42 bits per heavy atom. The molecule has 26 heavy (non-hydrogen) atoms. The van der Waals surface area contributed by atoms with E-state index < -0.39 is 12.3 Å². The lowest BCUT2D eigenvalue weighted by molar-refractivity contribution is 0.0955. The van der Waals surface area contributed by atoms with E-state index in [0.717, 1.165) is 29.7 Å². The van der Waals surface area contributed by atoms with Crippen molar-refractivity contribution < 1.29 is 13.6 Å². The summed E-state index contributed by atoms with van der Waals surface area (Å²) in [6.07, 6.45) is 2.54. The molecule has 1 fully saturated rings. The highest BCUT2D eigenvalue weighted by Gasteiger charge is 2.29. The number of rotatable bonds is 5. The van der Waals surface area contributed by atoms with Crippen molar-refractivity contribution in [3.05, 3.63) is 52.3 Å². The molecule has 5 nitrogen and oxygen atoms in total. The standard InChI is InChI=1S/C18H16F2N4OS/c19-16(20)11-6-12(10-3-4-10)24-18-13(11)14(21)15(26-18)17(25)23-8-9-2-1-5-22-7-9/h1-2,5-7,10,16H,3-4,8,21H2,(H,23,25). The van der Waals surface area contributed by atoms with Gasteiger partial charge in [0.1, 0.15) is 9.71 Å². The highest BCUT2D eigenvalue weighted by molar-refractivity contribution is 7.21. The lowest BCUT2D eigenvalue weighted by Crippen LogP contribution is -2.22. The quantitative estimate of drug-likeness (QED) is 0.707. The second-order valence-electron chi connectivity index (χ2n) is 6.28. The van der Waals surface area contributed by atoms with Crippen molar-refractivity contribution in [2.45, 2.75) is 31.7 Å². The number of pyridine rings is 2. The maximum absolute atomic E-state index is 13.5. The van der Waals surface area contributed by atoms with Crippen molar-refractivity contribution >= 4 is 33.1 Å². The van der Waals surface area contributed by atoms with Gasteiger partial charge in [-0.1, -0.05) is 6.07 Å². The molecule has 0 unspecified atom stereocenters. The third-order valence-corrected chi connectivity index (χ3v) is 5.46. The second kappa shape index (κ2) is 6.60. The van der Waals surface area contributed by atoms with Crippen LogP contribution in [-0.4, -0.2) is 15.9 Å². The molecule has 0 radical (unpaired) electrons. The van der Waals surface area contributed by atoms with Crippen LogP contribution in [0.1, 0.15) is 51.7 Å². The van der Waals surface area contributed by atoms with Crippen LogP contribution in [0.4, 0.5) is 14.5 Å². The number of carbonyl (C=O) groups is 1. The summed E-state index contributed by atoms with van der Waals surface area (Å²) in [5, 5.41) is 2.95. The Kier molecular flexibility index (Phi) is 4.28. The molecule has 0 bridgehead atoms. The van der Waals surface area contributed by atoms with E-state index >= 15 is 0 Å². The number of amides is 1. The van der Waals surface area contributed by atoms with Gasteiger partial charge in [0, 0.05) is 41.5 Å². The van der Waals surface area contributed by atoms with E-state index in [2.05, 4.69) is 15.3 Å². The zero-order chi connectivity index (χ0) is 18.3. The molecule has 1 aliphatic carbocycles. The van der Waals surface area contributed by atoms with Gasteiger partial charge in [0.25, 0.3) is 12.3 Å². The average molecular weight is 374 g/mol. The first-order valence-corrected chi connectivity index (χ1v) is 9.04. The Bertz CT molecular complexity index is 970. The molecule has 8 heteroatoms. The van der Waals surface area contributed by atoms with E-state index in [1.54, 1.807) is 18.5 Å². The fourth-order valence-corrected chi connectivity index (χ4v) is 3.92. The number of anilines is 1. The summed E-state index contributed by atoms with van der Waals surface area (Å²) in [5.74, 6) is -0.161. The van der Waals surface area contributed by atoms with Gasteiger partial charge in [-0.15, -0.1) is 11.3 Å². The zero-order valence-electron chi connectivity index (χ0n) is 13.7.